The molecule has 0 aromatic carbocycles. The summed E-state index contributed by atoms with van der Waals surface area (Å²) in [5.74, 6) is 1.35. The quantitative estimate of drug-likeness (QED) is 0.517. The van der Waals surface area contributed by atoms with Crippen LogP contribution in [0.3, 0.4) is 0 Å². The standard InChI is InChI=1S/C15H22O2/c1-8(2)15-12-5-10(4)13(16)7-11(12)9(3)6-14(15)17/h5,9,11-13,16H,6-7H2,1-4H3. The van der Waals surface area contributed by atoms with Gasteiger partial charge in [0.2, 0.25) is 0 Å². The molecule has 1 saturated carbocycles. The molecule has 2 rings (SSSR count). The Kier molecular flexibility index (Phi) is 3.26. The summed E-state index contributed by atoms with van der Waals surface area (Å²) in [6.07, 6.45) is 3.25. The van der Waals surface area contributed by atoms with E-state index in [1.165, 1.54) is 0 Å². The molecule has 2 aliphatic rings. The Morgan fingerprint density at radius 3 is 2.65 bits per heavy atom. The highest BCUT2D eigenvalue weighted by atomic mass is 16.3. The third kappa shape index (κ3) is 2.11. The van der Waals surface area contributed by atoms with E-state index in [-0.39, 0.29) is 12.0 Å². The lowest BCUT2D eigenvalue weighted by Gasteiger charge is -2.41. The molecule has 1 fully saturated rings. The molecule has 17 heavy (non-hydrogen) atoms. The molecule has 4 atom stereocenters. The first kappa shape index (κ1) is 12.6. The van der Waals surface area contributed by atoms with Gasteiger partial charge in [0.1, 0.15) is 0 Å². The number of carbonyl (C=O) groups is 1. The summed E-state index contributed by atoms with van der Waals surface area (Å²) in [6, 6.07) is 0. The highest BCUT2D eigenvalue weighted by Crippen LogP contribution is 2.44. The first-order chi connectivity index (χ1) is 7.91. The number of ketones is 1. The monoisotopic (exact) mass is 234 g/mol. The van der Waals surface area contributed by atoms with Crippen molar-refractivity contribution in [1.82, 2.24) is 0 Å². The lowest BCUT2D eigenvalue weighted by Crippen LogP contribution is -2.38. The van der Waals surface area contributed by atoms with Gasteiger partial charge in [-0.2, -0.15) is 0 Å². The fourth-order valence-corrected chi connectivity index (χ4v) is 3.34. The molecular weight excluding hydrogens is 212 g/mol. The predicted molar refractivity (Wildman–Crippen MR) is 68.5 cm³/mol. The first-order valence-electron chi connectivity index (χ1n) is 6.48. The van der Waals surface area contributed by atoms with Crippen molar-refractivity contribution in [2.45, 2.75) is 46.6 Å². The molecule has 0 amide bonds. The van der Waals surface area contributed by atoms with Gasteiger partial charge in [0, 0.05) is 17.9 Å². The number of aliphatic hydroxyl groups excluding tert-OH is 1. The maximum atomic E-state index is 12.1. The van der Waals surface area contributed by atoms with Gasteiger partial charge >= 0.3 is 0 Å². The highest BCUT2D eigenvalue weighted by Gasteiger charge is 2.41. The average molecular weight is 234 g/mol. The molecule has 0 aliphatic heterocycles. The van der Waals surface area contributed by atoms with Crippen LogP contribution in [0, 0.1) is 17.8 Å². The summed E-state index contributed by atoms with van der Waals surface area (Å²) in [4.78, 5) is 12.1. The number of fused-ring (bicyclic) bond motifs is 1. The van der Waals surface area contributed by atoms with Gasteiger partial charge in [0.15, 0.2) is 5.78 Å². The lowest BCUT2D eigenvalue weighted by atomic mass is 9.63. The van der Waals surface area contributed by atoms with E-state index in [1.807, 2.05) is 20.8 Å². The summed E-state index contributed by atoms with van der Waals surface area (Å²) in [5.41, 5.74) is 3.16. The number of aliphatic hydroxyl groups is 1. The van der Waals surface area contributed by atoms with Gasteiger partial charge in [0.05, 0.1) is 6.10 Å². The Balaban J connectivity index is 2.45. The maximum absolute atomic E-state index is 12.1. The van der Waals surface area contributed by atoms with Crippen LogP contribution in [0.5, 0.6) is 0 Å². The van der Waals surface area contributed by atoms with Gasteiger partial charge in [-0.25, -0.2) is 0 Å². The van der Waals surface area contributed by atoms with Crippen molar-refractivity contribution in [3.63, 3.8) is 0 Å². The second-order valence-electron chi connectivity index (χ2n) is 5.87. The van der Waals surface area contributed by atoms with Gasteiger partial charge in [0.25, 0.3) is 0 Å². The van der Waals surface area contributed by atoms with E-state index < -0.39 is 0 Å². The first-order valence-corrected chi connectivity index (χ1v) is 6.48. The van der Waals surface area contributed by atoms with Crippen LogP contribution in [0.15, 0.2) is 22.8 Å². The highest BCUT2D eigenvalue weighted by molar-refractivity contribution is 5.98. The Morgan fingerprint density at radius 1 is 1.41 bits per heavy atom. The van der Waals surface area contributed by atoms with Gasteiger partial charge in [-0.05, 0) is 44.6 Å². The van der Waals surface area contributed by atoms with Crippen LogP contribution < -0.4 is 0 Å². The molecular formula is C15H22O2. The zero-order chi connectivity index (χ0) is 12.7. The zero-order valence-corrected chi connectivity index (χ0v) is 11.2. The number of allylic oxidation sites excluding steroid dienone is 3. The van der Waals surface area contributed by atoms with E-state index in [0.717, 1.165) is 23.1 Å². The van der Waals surface area contributed by atoms with Crippen LogP contribution in [0.4, 0.5) is 0 Å². The van der Waals surface area contributed by atoms with Crippen molar-refractivity contribution in [2.75, 3.05) is 0 Å². The third-order valence-corrected chi connectivity index (χ3v) is 4.34. The summed E-state index contributed by atoms with van der Waals surface area (Å²) in [5, 5.41) is 9.96. The fraction of sp³-hybridized carbons (Fsp3) is 0.667. The lowest BCUT2D eigenvalue weighted by molar-refractivity contribution is -0.119. The van der Waals surface area contributed by atoms with Crippen LogP contribution in [-0.4, -0.2) is 17.0 Å². The Labute approximate surface area is 103 Å². The van der Waals surface area contributed by atoms with Gasteiger partial charge in [-0.3, -0.25) is 4.79 Å². The number of rotatable bonds is 0. The van der Waals surface area contributed by atoms with Gasteiger partial charge < -0.3 is 5.11 Å². The van der Waals surface area contributed by atoms with Crippen LogP contribution in [-0.2, 0) is 4.79 Å². The smallest absolute Gasteiger partial charge is 0.159 e. The van der Waals surface area contributed by atoms with E-state index in [0.29, 0.717) is 24.0 Å². The zero-order valence-electron chi connectivity index (χ0n) is 11.2. The molecule has 0 aromatic rings. The minimum absolute atomic E-state index is 0.236. The molecule has 0 bridgehead atoms. The van der Waals surface area contributed by atoms with Crippen LogP contribution in [0.1, 0.15) is 40.5 Å². The van der Waals surface area contributed by atoms with E-state index in [1.54, 1.807) is 0 Å². The van der Waals surface area contributed by atoms with Crippen molar-refractivity contribution in [2.24, 2.45) is 17.8 Å². The van der Waals surface area contributed by atoms with Crippen LogP contribution >= 0.6 is 0 Å². The average Bonchev–Trinajstić information content (AvgIpc) is 2.20. The minimum atomic E-state index is -0.315. The number of carbonyl (C=O) groups excluding carboxylic acids is 1. The van der Waals surface area contributed by atoms with E-state index >= 15 is 0 Å². The van der Waals surface area contributed by atoms with Crippen molar-refractivity contribution in [3.05, 3.63) is 22.8 Å². The Hall–Kier alpha value is -0.890. The predicted octanol–water partition coefficient (Wildman–Crippen LogP) is 2.88. The number of Topliss-reactive ketones (excluding diaryl/α,β-unsaturated/α-hetero) is 1. The second-order valence-corrected chi connectivity index (χ2v) is 5.87. The summed E-state index contributed by atoms with van der Waals surface area (Å²) in [7, 11) is 0. The number of hydrogen-bond acceptors (Lipinski definition) is 2. The molecule has 2 aliphatic carbocycles. The molecule has 1 N–H and O–H groups in total. The van der Waals surface area contributed by atoms with Gasteiger partial charge in [-0.15, -0.1) is 0 Å². The van der Waals surface area contributed by atoms with Crippen molar-refractivity contribution >= 4 is 5.78 Å². The SMILES string of the molecule is CC1=CC2C(=C(C)C)C(=O)CC(C)C2CC1O. The van der Waals surface area contributed by atoms with E-state index in [9.17, 15) is 9.90 Å². The summed E-state index contributed by atoms with van der Waals surface area (Å²) >= 11 is 0. The van der Waals surface area contributed by atoms with Gasteiger partial charge in [-0.1, -0.05) is 18.6 Å². The molecule has 0 heterocycles. The minimum Gasteiger partial charge on any atom is -0.389 e. The Morgan fingerprint density at radius 2 is 2.06 bits per heavy atom. The summed E-state index contributed by atoms with van der Waals surface area (Å²) in [6.45, 7) is 8.15. The van der Waals surface area contributed by atoms with Crippen molar-refractivity contribution < 1.29 is 9.90 Å². The van der Waals surface area contributed by atoms with Crippen molar-refractivity contribution in [1.29, 1.82) is 0 Å². The largest absolute Gasteiger partial charge is 0.389 e. The van der Waals surface area contributed by atoms with E-state index in [4.69, 9.17) is 0 Å². The second kappa shape index (κ2) is 4.41. The fourth-order valence-electron chi connectivity index (χ4n) is 3.34. The molecule has 2 nitrogen and oxygen atoms in total. The van der Waals surface area contributed by atoms with E-state index in [2.05, 4.69) is 13.0 Å². The maximum Gasteiger partial charge on any atom is 0.159 e. The normalized spacial score (nSPS) is 37.6. The molecule has 0 spiro atoms. The molecule has 94 valence electrons. The number of hydrogen-bond donors (Lipinski definition) is 1. The topological polar surface area (TPSA) is 37.3 Å². The molecule has 0 aromatic heterocycles. The molecule has 0 radical (unpaired) electrons. The van der Waals surface area contributed by atoms with Crippen molar-refractivity contribution in [3.8, 4) is 0 Å². The van der Waals surface area contributed by atoms with Crippen LogP contribution in [0.25, 0.3) is 0 Å². The van der Waals surface area contributed by atoms with Crippen LogP contribution in [0.2, 0.25) is 0 Å². The molecule has 2 heteroatoms. The Bertz CT molecular complexity index is 399. The third-order valence-electron chi connectivity index (χ3n) is 4.34. The summed E-state index contributed by atoms with van der Waals surface area (Å²) < 4.78 is 0. The molecule has 4 unspecified atom stereocenters. The molecule has 0 saturated heterocycles.